The van der Waals surface area contributed by atoms with Gasteiger partial charge in [0.25, 0.3) is 11.8 Å². The molecular formula is C19H14BrN3O3S. The van der Waals surface area contributed by atoms with Crippen molar-refractivity contribution in [1.82, 2.24) is 5.32 Å². The number of furan rings is 1. The van der Waals surface area contributed by atoms with Crippen LogP contribution in [-0.2, 0) is 0 Å². The van der Waals surface area contributed by atoms with E-state index in [-0.39, 0.29) is 22.7 Å². The van der Waals surface area contributed by atoms with Gasteiger partial charge >= 0.3 is 0 Å². The lowest BCUT2D eigenvalue weighted by atomic mass is 10.2. The Morgan fingerprint density at radius 2 is 1.48 bits per heavy atom. The number of halogens is 1. The standard InChI is InChI=1S/C19H14BrN3O3S/c20-13-5-3-12(4-6-13)17(24)23-19(27)22-15-9-7-14(8-10-15)21-18(25)16-2-1-11-26-16/h1-11H,(H,21,25)(H2,22,23,24,27). The highest BCUT2D eigenvalue weighted by atomic mass is 79.9. The number of amides is 2. The Morgan fingerprint density at radius 1 is 0.852 bits per heavy atom. The molecule has 8 heteroatoms. The molecule has 27 heavy (non-hydrogen) atoms. The molecule has 0 saturated heterocycles. The van der Waals surface area contributed by atoms with Crippen LogP contribution < -0.4 is 16.0 Å². The fraction of sp³-hybridized carbons (Fsp3) is 0. The maximum atomic E-state index is 12.1. The third kappa shape index (κ3) is 5.25. The van der Waals surface area contributed by atoms with Crippen molar-refractivity contribution < 1.29 is 14.0 Å². The van der Waals surface area contributed by atoms with Gasteiger partial charge in [0, 0.05) is 21.4 Å². The highest BCUT2D eigenvalue weighted by Gasteiger charge is 2.10. The number of hydrogen-bond donors (Lipinski definition) is 3. The molecule has 0 spiro atoms. The molecule has 2 amide bonds. The summed E-state index contributed by atoms with van der Waals surface area (Å²) >= 11 is 8.48. The van der Waals surface area contributed by atoms with Crippen molar-refractivity contribution >= 4 is 56.4 Å². The molecule has 3 aromatic rings. The quantitative estimate of drug-likeness (QED) is 0.519. The zero-order chi connectivity index (χ0) is 19.2. The van der Waals surface area contributed by atoms with Gasteiger partial charge in [-0.1, -0.05) is 15.9 Å². The Balaban J connectivity index is 1.54. The summed E-state index contributed by atoms with van der Waals surface area (Å²) in [5.41, 5.74) is 1.78. The molecule has 0 aliphatic heterocycles. The number of carbonyl (C=O) groups is 2. The highest BCUT2D eigenvalue weighted by Crippen LogP contribution is 2.15. The second kappa shape index (κ2) is 8.61. The van der Waals surface area contributed by atoms with E-state index >= 15 is 0 Å². The molecule has 0 fully saturated rings. The van der Waals surface area contributed by atoms with Crippen LogP contribution in [0.5, 0.6) is 0 Å². The van der Waals surface area contributed by atoms with Crippen molar-refractivity contribution in [1.29, 1.82) is 0 Å². The minimum Gasteiger partial charge on any atom is -0.459 e. The van der Waals surface area contributed by atoms with Crippen molar-refractivity contribution in [3.8, 4) is 0 Å². The molecule has 0 saturated carbocycles. The first-order valence-corrected chi connectivity index (χ1v) is 9.04. The molecule has 0 aliphatic rings. The predicted octanol–water partition coefficient (Wildman–Crippen LogP) is 4.42. The largest absolute Gasteiger partial charge is 0.459 e. The lowest BCUT2D eigenvalue weighted by molar-refractivity contribution is 0.0975. The second-order valence-corrected chi connectivity index (χ2v) is 6.75. The van der Waals surface area contributed by atoms with Crippen molar-refractivity contribution in [3.63, 3.8) is 0 Å². The van der Waals surface area contributed by atoms with Crippen LogP contribution in [0.2, 0.25) is 0 Å². The molecule has 1 heterocycles. The Labute approximate surface area is 169 Å². The Bertz CT molecular complexity index is 955. The van der Waals surface area contributed by atoms with Crippen LogP contribution in [0.4, 0.5) is 11.4 Å². The molecule has 136 valence electrons. The zero-order valence-electron chi connectivity index (χ0n) is 13.9. The third-order valence-corrected chi connectivity index (χ3v) is 4.21. The van der Waals surface area contributed by atoms with Gasteiger partial charge in [0.15, 0.2) is 10.9 Å². The van der Waals surface area contributed by atoms with Gasteiger partial charge in [0.05, 0.1) is 6.26 Å². The van der Waals surface area contributed by atoms with Gasteiger partial charge in [-0.15, -0.1) is 0 Å². The molecular weight excluding hydrogens is 430 g/mol. The van der Waals surface area contributed by atoms with Crippen LogP contribution in [0.1, 0.15) is 20.9 Å². The summed E-state index contributed by atoms with van der Waals surface area (Å²) in [6, 6.07) is 17.1. The fourth-order valence-corrected chi connectivity index (χ4v) is 2.65. The van der Waals surface area contributed by atoms with Crippen molar-refractivity contribution in [2.24, 2.45) is 0 Å². The van der Waals surface area contributed by atoms with Gasteiger partial charge in [-0.2, -0.15) is 0 Å². The minimum absolute atomic E-state index is 0.176. The van der Waals surface area contributed by atoms with Crippen LogP contribution in [0.3, 0.4) is 0 Å². The van der Waals surface area contributed by atoms with Gasteiger partial charge < -0.3 is 15.1 Å². The molecule has 0 radical (unpaired) electrons. The second-order valence-electron chi connectivity index (χ2n) is 5.42. The number of carbonyl (C=O) groups excluding carboxylic acids is 2. The van der Waals surface area contributed by atoms with Crippen molar-refractivity contribution in [2.75, 3.05) is 10.6 Å². The summed E-state index contributed by atoms with van der Waals surface area (Å²) in [6.45, 7) is 0. The molecule has 1 aromatic heterocycles. The normalized spacial score (nSPS) is 10.1. The van der Waals surface area contributed by atoms with E-state index in [4.69, 9.17) is 16.6 Å². The monoisotopic (exact) mass is 443 g/mol. The molecule has 0 atom stereocenters. The molecule has 0 aliphatic carbocycles. The van der Waals surface area contributed by atoms with E-state index in [1.165, 1.54) is 6.26 Å². The fourth-order valence-electron chi connectivity index (χ4n) is 2.18. The first-order valence-electron chi connectivity index (χ1n) is 7.84. The van der Waals surface area contributed by atoms with Crippen LogP contribution in [-0.4, -0.2) is 16.9 Å². The first-order chi connectivity index (χ1) is 13.0. The van der Waals surface area contributed by atoms with Crippen LogP contribution in [0, 0.1) is 0 Å². The molecule has 2 aromatic carbocycles. The maximum absolute atomic E-state index is 12.1. The number of benzene rings is 2. The lowest BCUT2D eigenvalue weighted by Gasteiger charge is -2.10. The molecule has 3 N–H and O–H groups in total. The average molecular weight is 444 g/mol. The summed E-state index contributed by atoms with van der Waals surface area (Å²) < 4.78 is 5.93. The molecule has 0 unspecified atom stereocenters. The van der Waals surface area contributed by atoms with E-state index in [0.717, 1.165) is 4.47 Å². The summed E-state index contributed by atoms with van der Waals surface area (Å²) in [6.07, 6.45) is 1.44. The first kappa shape index (κ1) is 18.8. The van der Waals surface area contributed by atoms with E-state index in [1.807, 2.05) is 0 Å². The zero-order valence-corrected chi connectivity index (χ0v) is 16.3. The van der Waals surface area contributed by atoms with Gasteiger partial charge in [0.1, 0.15) is 0 Å². The van der Waals surface area contributed by atoms with Crippen LogP contribution in [0.15, 0.2) is 75.8 Å². The summed E-state index contributed by atoms with van der Waals surface area (Å²) in [5, 5.41) is 8.43. The van der Waals surface area contributed by atoms with E-state index in [0.29, 0.717) is 16.9 Å². The van der Waals surface area contributed by atoms with Gasteiger partial charge in [-0.25, -0.2) is 0 Å². The van der Waals surface area contributed by atoms with Crippen molar-refractivity contribution in [3.05, 3.63) is 82.7 Å². The van der Waals surface area contributed by atoms with Crippen LogP contribution >= 0.6 is 28.1 Å². The van der Waals surface area contributed by atoms with Gasteiger partial charge in [-0.3, -0.25) is 14.9 Å². The van der Waals surface area contributed by atoms with Gasteiger partial charge in [-0.05, 0) is 72.9 Å². The molecule has 0 bridgehead atoms. The van der Waals surface area contributed by atoms with Crippen molar-refractivity contribution in [2.45, 2.75) is 0 Å². The Kier molecular flexibility index (Phi) is 6.00. The van der Waals surface area contributed by atoms with E-state index in [9.17, 15) is 9.59 Å². The number of nitrogens with one attached hydrogen (secondary N) is 3. The Morgan fingerprint density at radius 3 is 2.07 bits per heavy atom. The summed E-state index contributed by atoms with van der Waals surface area (Å²) in [5.74, 6) is -0.408. The number of rotatable bonds is 4. The third-order valence-electron chi connectivity index (χ3n) is 3.48. The maximum Gasteiger partial charge on any atom is 0.291 e. The number of anilines is 2. The van der Waals surface area contributed by atoms with Crippen LogP contribution in [0.25, 0.3) is 0 Å². The molecule has 6 nitrogen and oxygen atoms in total. The average Bonchev–Trinajstić information content (AvgIpc) is 3.18. The lowest BCUT2D eigenvalue weighted by Crippen LogP contribution is -2.34. The summed E-state index contributed by atoms with van der Waals surface area (Å²) in [7, 11) is 0. The number of hydrogen-bond acceptors (Lipinski definition) is 4. The Hall–Kier alpha value is -2.97. The SMILES string of the molecule is O=C(NC(=S)Nc1ccc(NC(=O)c2ccco2)cc1)c1ccc(Br)cc1. The topological polar surface area (TPSA) is 83.4 Å². The smallest absolute Gasteiger partial charge is 0.291 e. The van der Waals surface area contributed by atoms with E-state index < -0.39 is 0 Å². The van der Waals surface area contributed by atoms with Gasteiger partial charge in [0.2, 0.25) is 0 Å². The minimum atomic E-state index is -0.335. The van der Waals surface area contributed by atoms with E-state index in [2.05, 4.69) is 31.9 Å². The van der Waals surface area contributed by atoms with E-state index in [1.54, 1.807) is 60.7 Å². The summed E-state index contributed by atoms with van der Waals surface area (Å²) in [4.78, 5) is 24.1. The highest BCUT2D eigenvalue weighted by molar-refractivity contribution is 9.10. The predicted molar refractivity (Wildman–Crippen MR) is 111 cm³/mol. The number of thiocarbonyl (C=S) groups is 1. The molecule has 3 rings (SSSR count).